The van der Waals surface area contributed by atoms with E-state index >= 15 is 4.39 Å². The molecule has 3 aromatic carbocycles. The van der Waals surface area contributed by atoms with Crippen LogP contribution in [0.3, 0.4) is 0 Å². The van der Waals surface area contributed by atoms with Gasteiger partial charge < -0.3 is 19.5 Å². The molecule has 0 aliphatic carbocycles. The topological polar surface area (TPSA) is 105 Å². The molecule has 0 radical (unpaired) electrons. The van der Waals surface area contributed by atoms with Crippen LogP contribution in [0, 0.1) is 5.82 Å². The molecule has 1 N–H and O–H groups in total. The van der Waals surface area contributed by atoms with Gasteiger partial charge in [0.1, 0.15) is 17.6 Å². The number of carbonyl (C=O) groups excluding carboxylic acids is 1. The average molecular weight is 615 g/mol. The van der Waals surface area contributed by atoms with E-state index in [1.807, 2.05) is 36.6 Å². The number of amides is 1. The van der Waals surface area contributed by atoms with Crippen LogP contribution in [0.25, 0.3) is 22.0 Å². The van der Waals surface area contributed by atoms with Crippen molar-refractivity contribution in [3.05, 3.63) is 107 Å². The molecule has 0 aliphatic heterocycles. The third-order valence-corrected chi connectivity index (χ3v) is 7.72. The van der Waals surface area contributed by atoms with Crippen molar-refractivity contribution in [2.45, 2.75) is 12.5 Å². The summed E-state index contributed by atoms with van der Waals surface area (Å²) in [6, 6.07) is 18.0. The lowest BCUT2D eigenvalue weighted by molar-refractivity contribution is -0.121. The van der Waals surface area contributed by atoms with Crippen LogP contribution in [0.15, 0.2) is 83.9 Å². The predicted octanol–water partition coefficient (Wildman–Crippen LogP) is 5.90. The average Bonchev–Trinajstić information content (AvgIpc) is 3.05. The minimum absolute atomic E-state index is 0.0328. The zero-order valence-electron chi connectivity index (χ0n) is 24.7. The van der Waals surface area contributed by atoms with Gasteiger partial charge in [-0.3, -0.25) is 19.1 Å². The van der Waals surface area contributed by atoms with Crippen LogP contribution >= 0.6 is 11.8 Å². The van der Waals surface area contributed by atoms with Crippen LogP contribution in [-0.4, -0.2) is 46.7 Å². The molecule has 2 aromatic heterocycles. The summed E-state index contributed by atoms with van der Waals surface area (Å²) in [7, 11) is 4.64. The van der Waals surface area contributed by atoms with Gasteiger partial charge in [0.15, 0.2) is 23.1 Å². The molecule has 5 rings (SSSR count). The molecule has 226 valence electrons. The molecule has 9 nitrogen and oxygen atoms in total. The fourth-order valence-corrected chi connectivity index (χ4v) is 5.19. The van der Waals surface area contributed by atoms with Gasteiger partial charge >= 0.3 is 0 Å². The standard InChI is InChI=1S/C33H31FN4O5S/c1-38-32(31(20-8-6-5-7-9-20)37-30(39)13-15-44-4)36-19-23(33(38)40)21-10-11-27(24(34)16-21)43-26-12-14-35-25-18-29(42-3)28(41-2)17-22(25)26/h5-12,14,16-19,31H,13,15H2,1-4H3,(H,37,39)/t31-/m0/s1. The van der Waals surface area contributed by atoms with Gasteiger partial charge in [0.25, 0.3) is 5.56 Å². The number of ether oxygens (including phenoxy) is 3. The Labute approximate surface area is 258 Å². The maximum Gasteiger partial charge on any atom is 0.261 e. The van der Waals surface area contributed by atoms with Crippen LogP contribution in [-0.2, 0) is 11.8 Å². The van der Waals surface area contributed by atoms with Crippen molar-refractivity contribution < 1.29 is 23.4 Å². The summed E-state index contributed by atoms with van der Waals surface area (Å²) < 4.78 is 33.5. The molecular weight excluding hydrogens is 583 g/mol. The van der Waals surface area contributed by atoms with E-state index in [9.17, 15) is 9.59 Å². The number of nitrogens with one attached hydrogen (secondary N) is 1. The lowest BCUT2D eigenvalue weighted by atomic mass is 10.0. The first-order chi connectivity index (χ1) is 21.3. The van der Waals surface area contributed by atoms with Crippen LogP contribution in [0.1, 0.15) is 23.9 Å². The molecule has 2 heterocycles. The Morgan fingerprint density at radius 2 is 1.73 bits per heavy atom. The molecular formula is C33H31FN4O5S. The number of thioether (sulfide) groups is 1. The van der Waals surface area contributed by atoms with Crippen LogP contribution in [0.4, 0.5) is 4.39 Å². The summed E-state index contributed by atoms with van der Waals surface area (Å²) in [6.45, 7) is 0. The summed E-state index contributed by atoms with van der Waals surface area (Å²) >= 11 is 1.58. The first-order valence-corrected chi connectivity index (χ1v) is 15.1. The zero-order chi connectivity index (χ0) is 31.2. The van der Waals surface area contributed by atoms with Gasteiger partial charge in [0.2, 0.25) is 5.91 Å². The number of hydrogen-bond acceptors (Lipinski definition) is 8. The number of nitrogens with zero attached hydrogens (tertiary/aromatic N) is 3. The molecule has 0 bridgehead atoms. The van der Waals surface area contributed by atoms with Crippen molar-refractivity contribution in [1.29, 1.82) is 0 Å². The minimum Gasteiger partial charge on any atom is -0.493 e. The molecule has 0 aliphatic rings. The Balaban J connectivity index is 1.46. The lowest BCUT2D eigenvalue weighted by Gasteiger charge is -2.21. The smallest absolute Gasteiger partial charge is 0.261 e. The van der Waals surface area contributed by atoms with Gasteiger partial charge in [-0.05, 0) is 41.6 Å². The van der Waals surface area contributed by atoms with Crippen LogP contribution in [0.2, 0.25) is 0 Å². The van der Waals surface area contributed by atoms with E-state index in [4.69, 9.17) is 14.2 Å². The molecule has 5 aromatic rings. The Bertz CT molecular complexity index is 1870. The molecule has 0 spiro atoms. The Kier molecular flexibility index (Phi) is 9.44. The summed E-state index contributed by atoms with van der Waals surface area (Å²) in [6.07, 6.45) is 5.23. The zero-order valence-corrected chi connectivity index (χ0v) is 25.5. The lowest BCUT2D eigenvalue weighted by Crippen LogP contribution is -2.35. The highest BCUT2D eigenvalue weighted by atomic mass is 32.2. The second kappa shape index (κ2) is 13.6. The fourth-order valence-electron chi connectivity index (χ4n) is 4.80. The van der Waals surface area contributed by atoms with Crippen molar-refractivity contribution in [1.82, 2.24) is 19.9 Å². The highest BCUT2D eigenvalue weighted by Crippen LogP contribution is 2.37. The van der Waals surface area contributed by atoms with Crippen LogP contribution in [0.5, 0.6) is 23.0 Å². The van der Waals surface area contributed by atoms with Gasteiger partial charge in [-0.25, -0.2) is 9.37 Å². The molecule has 11 heteroatoms. The SMILES string of the molecule is COc1cc2nccc(Oc3ccc(-c4cnc([C@@H](NC(=O)CCSC)c5ccccc5)n(C)c4=O)cc3F)c2cc1OC. The van der Waals surface area contributed by atoms with E-state index in [2.05, 4.69) is 15.3 Å². The Morgan fingerprint density at radius 1 is 0.977 bits per heavy atom. The van der Waals surface area contributed by atoms with E-state index in [-0.39, 0.29) is 22.8 Å². The quantitative estimate of drug-likeness (QED) is 0.196. The van der Waals surface area contributed by atoms with E-state index in [0.29, 0.717) is 51.7 Å². The molecule has 1 amide bonds. The summed E-state index contributed by atoms with van der Waals surface area (Å²) in [5.74, 6) is 1.55. The Hall–Kier alpha value is -4.90. The largest absolute Gasteiger partial charge is 0.493 e. The molecule has 0 unspecified atom stereocenters. The normalized spacial score (nSPS) is 11.7. The van der Waals surface area contributed by atoms with Crippen LogP contribution < -0.4 is 25.1 Å². The highest BCUT2D eigenvalue weighted by Gasteiger charge is 2.23. The van der Waals surface area contributed by atoms with Gasteiger partial charge in [0, 0.05) is 43.1 Å². The second-order valence-electron chi connectivity index (χ2n) is 9.83. The van der Waals surface area contributed by atoms with Crippen molar-refractivity contribution in [2.24, 2.45) is 7.05 Å². The van der Waals surface area contributed by atoms with Crippen molar-refractivity contribution in [3.63, 3.8) is 0 Å². The predicted molar refractivity (Wildman–Crippen MR) is 169 cm³/mol. The number of methoxy groups -OCH3 is 2. The number of halogens is 1. The number of carbonyl (C=O) groups is 1. The van der Waals surface area contributed by atoms with Crippen molar-refractivity contribution in [3.8, 4) is 34.1 Å². The van der Waals surface area contributed by atoms with Gasteiger partial charge in [0.05, 0.1) is 25.3 Å². The van der Waals surface area contributed by atoms with Crippen molar-refractivity contribution in [2.75, 3.05) is 26.2 Å². The number of hydrogen-bond donors (Lipinski definition) is 1. The number of aromatic nitrogens is 3. The monoisotopic (exact) mass is 614 g/mol. The van der Waals surface area contributed by atoms with E-state index in [0.717, 1.165) is 5.56 Å². The fraction of sp³-hybridized carbons (Fsp3) is 0.212. The summed E-state index contributed by atoms with van der Waals surface area (Å²) in [5, 5.41) is 3.61. The number of rotatable bonds is 11. The number of benzene rings is 3. The van der Waals surface area contributed by atoms with E-state index < -0.39 is 11.9 Å². The van der Waals surface area contributed by atoms with Gasteiger partial charge in [-0.15, -0.1) is 0 Å². The third-order valence-electron chi connectivity index (χ3n) is 7.10. The molecule has 0 saturated heterocycles. The second-order valence-corrected chi connectivity index (χ2v) is 10.8. The molecule has 1 atom stereocenters. The van der Waals surface area contributed by atoms with E-state index in [1.54, 1.807) is 49.3 Å². The number of fused-ring (bicyclic) bond motifs is 1. The first-order valence-electron chi connectivity index (χ1n) is 13.7. The third kappa shape index (κ3) is 6.37. The maximum absolute atomic E-state index is 15.4. The van der Waals surface area contributed by atoms with Crippen molar-refractivity contribution >= 4 is 28.6 Å². The maximum atomic E-state index is 15.4. The first kappa shape index (κ1) is 30.6. The van der Waals surface area contributed by atoms with Gasteiger partial charge in [-0.2, -0.15) is 11.8 Å². The van der Waals surface area contributed by atoms with Gasteiger partial charge in [-0.1, -0.05) is 36.4 Å². The Morgan fingerprint density at radius 3 is 2.43 bits per heavy atom. The molecule has 0 saturated carbocycles. The number of pyridine rings is 1. The highest BCUT2D eigenvalue weighted by molar-refractivity contribution is 7.98. The molecule has 44 heavy (non-hydrogen) atoms. The van der Waals surface area contributed by atoms with E-state index in [1.165, 1.54) is 37.1 Å². The summed E-state index contributed by atoms with van der Waals surface area (Å²) in [5.41, 5.74) is 1.52. The molecule has 0 fully saturated rings. The minimum atomic E-state index is -0.665. The summed E-state index contributed by atoms with van der Waals surface area (Å²) in [4.78, 5) is 35.1.